The zero-order chi connectivity index (χ0) is 16.7. The minimum Gasteiger partial charge on any atom is -0.434 e. The number of unbranched alkanes of at least 4 members (excludes halogenated alkanes) is 3. The van der Waals surface area contributed by atoms with Crippen LogP contribution in [0.1, 0.15) is 59.3 Å². The smallest absolute Gasteiger partial charge is 0.434 e. The molecule has 0 radical (unpaired) electrons. The van der Waals surface area contributed by atoms with Crippen molar-refractivity contribution in [3.05, 3.63) is 0 Å². The maximum Gasteiger partial charge on any atom is 0.508 e. The minimum atomic E-state index is -3.20. The lowest BCUT2D eigenvalue weighted by atomic mass is 10.4. The van der Waals surface area contributed by atoms with Crippen LogP contribution in [0.15, 0.2) is 0 Å². The fourth-order valence-corrected chi connectivity index (χ4v) is 2.91. The summed E-state index contributed by atoms with van der Waals surface area (Å²) in [6.45, 7) is 7.16. The van der Waals surface area contributed by atoms with Gasteiger partial charge in [-0.05, 0) is 19.3 Å². The van der Waals surface area contributed by atoms with E-state index in [-0.39, 0.29) is 12.8 Å². The molecule has 0 aliphatic heterocycles. The maximum absolute atomic E-state index is 12.5. The quantitative estimate of drug-likeness (QED) is 0.258. The largest absolute Gasteiger partial charge is 0.508 e. The molecule has 0 heterocycles. The summed E-state index contributed by atoms with van der Waals surface area (Å²) in [4.78, 5) is 11.3. The fraction of sp³-hybridized carbons (Fsp3) is 0.933. The van der Waals surface area contributed by atoms with Gasteiger partial charge >= 0.3 is 13.8 Å². The Hall–Kier alpha value is -0.580. The van der Waals surface area contributed by atoms with E-state index in [2.05, 4.69) is 0 Å². The monoisotopic (exact) mass is 338 g/mol. The summed E-state index contributed by atoms with van der Waals surface area (Å²) in [6.07, 6.45) is 4.62. The average Bonchev–Trinajstić information content (AvgIpc) is 2.48. The predicted molar refractivity (Wildman–Crippen MR) is 86.4 cm³/mol. The molecule has 0 unspecified atom stereocenters. The van der Waals surface area contributed by atoms with Gasteiger partial charge in [0.05, 0.1) is 26.0 Å². The van der Waals surface area contributed by atoms with E-state index in [1.165, 1.54) is 0 Å². The van der Waals surface area contributed by atoms with E-state index in [1.54, 1.807) is 0 Å². The molecule has 132 valence electrons. The van der Waals surface area contributed by atoms with Crippen LogP contribution >= 0.6 is 7.60 Å². The van der Waals surface area contributed by atoms with Gasteiger partial charge in [-0.15, -0.1) is 0 Å². The van der Waals surface area contributed by atoms with Gasteiger partial charge in [0.15, 0.2) is 0 Å². The van der Waals surface area contributed by atoms with Crippen LogP contribution in [0.2, 0.25) is 0 Å². The summed E-state index contributed by atoms with van der Waals surface area (Å²) in [5, 5.41) is 0. The average molecular weight is 338 g/mol. The summed E-state index contributed by atoms with van der Waals surface area (Å²) in [5.74, 6) is 0. The summed E-state index contributed by atoms with van der Waals surface area (Å²) < 4.78 is 33.1. The van der Waals surface area contributed by atoms with Crippen LogP contribution in [0.25, 0.3) is 0 Å². The lowest BCUT2D eigenvalue weighted by Crippen LogP contribution is -2.13. The fourth-order valence-electron chi connectivity index (χ4n) is 1.44. The number of carbonyl (C=O) groups is 1. The third kappa shape index (κ3) is 12.0. The maximum atomic E-state index is 12.5. The Kier molecular flexibility index (Phi) is 13.7. The van der Waals surface area contributed by atoms with Gasteiger partial charge in [0.2, 0.25) is 0 Å². The van der Waals surface area contributed by atoms with Crippen LogP contribution in [-0.4, -0.2) is 38.7 Å². The van der Waals surface area contributed by atoms with Crippen molar-refractivity contribution in [1.82, 2.24) is 0 Å². The zero-order valence-corrected chi connectivity index (χ0v) is 15.1. The van der Waals surface area contributed by atoms with Gasteiger partial charge in [-0.2, -0.15) is 0 Å². The molecular formula is C15H31O6P. The SMILES string of the molecule is CCCCOC(=O)OCCP(=O)(OCCCC)OCCCC. The summed E-state index contributed by atoms with van der Waals surface area (Å²) >= 11 is 0. The molecule has 22 heavy (non-hydrogen) atoms. The second-order valence-corrected chi connectivity index (χ2v) is 7.19. The van der Waals surface area contributed by atoms with Crippen molar-refractivity contribution >= 4 is 13.8 Å². The summed E-state index contributed by atoms with van der Waals surface area (Å²) in [7, 11) is -3.20. The van der Waals surface area contributed by atoms with Crippen LogP contribution in [0.4, 0.5) is 4.79 Å². The predicted octanol–water partition coefficient (Wildman–Crippen LogP) is 4.77. The molecule has 0 spiro atoms. The Morgan fingerprint density at radius 3 is 1.73 bits per heavy atom. The van der Waals surface area contributed by atoms with Crippen LogP contribution in [0.3, 0.4) is 0 Å². The van der Waals surface area contributed by atoms with Crippen LogP contribution in [0.5, 0.6) is 0 Å². The molecule has 0 aliphatic carbocycles. The van der Waals surface area contributed by atoms with E-state index in [9.17, 15) is 9.36 Å². The Morgan fingerprint density at radius 1 is 0.773 bits per heavy atom. The first kappa shape index (κ1) is 21.4. The third-order valence-corrected chi connectivity index (χ3v) is 4.76. The summed E-state index contributed by atoms with van der Waals surface area (Å²) in [6, 6.07) is 0. The number of hydrogen-bond donors (Lipinski definition) is 0. The van der Waals surface area contributed by atoms with Crippen LogP contribution < -0.4 is 0 Å². The van der Waals surface area contributed by atoms with Crippen LogP contribution in [-0.2, 0) is 23.1 Å². The highest BCUT2D eigenvalue weighted by Gasteiger charge is 2.25. The normalized spacial score (nSPS) is 11.4. The first-order valence-corrected chi connectivity index (χ1v) is 9.98. The second kappa shape index (κ2) is 14.0. The Bertz CT molecular complexity index is 307. The van der Waals surface area contributed by atoms with Gasteiger partial charge in [0.1, 0.15) is 6.61 Å². The molecular weight excluding hydrogens is 307 g/mol. The molecule has 0 atom stereocenters. The Morgan fingerprint density at radius 2 is 1.23 bits per heavy atom. The highest BCUT2D eigenvalue weighted by atomic mass is 31.2. The van der Waals surface area contributed by atoms with Gasteiger partial charge in [0, 0.05) is 0 Å². The lowest BCUT2D eigenvalue weighted by Gasteiger charge is -2.18. The molecule has 0 amide bonds. The van der Waals surface area contributed by atoms with Crippen molar-refractivity contribution in [1.29, 1.82) is 0 Å². The van der Waals surface area contributed by atoms with Gasteiger partial charge in [-0.3, -0.25) is 4.57 Å². The molecule has 0 bridgehead atoms. The minimum absolute atomic E-state index is 0.0273. The van der Waals surface area contributed by atoms with E-state index in [0.717, 1.165) is 38.5 Å². The number of carbonyl (C=O) groups excluding carboxylic acids is 1. The molecule has 0 aliphatic rings. The molecule has 7 heteroatoms. The molecule has 0 saturated heterocycles. The van der Waals surface area contributed by atoms with E-state index >= 15 is 0 Å². The van der Waals surface area contributed by atoms with Gasteiger partial charge in [-0.1, -0.05) is 40.0 Å². The van der Waals surface area contributed by atoms with Gasteiger partial charge in [-0.25, -0.2) is 4.79 Å². The molecule has 0 aromatic rings. The van der Waals surface area contributed by atoms with E-state index < -0.39 is 13.8 Å². The topological polar surface area (TPSA) is 71.1 Å². The first-order valence-electron chi connectivity index (χ1n) is 8.25. The van der Waals surface area contributed by atoms with E-state index in [0.29, 0.717) is 19.8 Å². The highest BCUT2D eigenvalue weighted by Crippen LogP contribution is 2.48. The van der Waals surface area contributed by atoms with Crippen molar-refractivity contribution in [2.75, 3.05) is 32.6 Å². The zero-order valence-electron chi connectivity index (χ0n) is 14.2. The van der Waals surface area contributed by atoms with Gasteiger partial charge < -0.3 is 18.5 Å². The number of ether oxygens (including phenoxy) is 2. The highest BCUT2D eigenvalue weighted by molar-refractivity contribution is 7.53. The van der Waals surface area contributed by atoms with Crippen molar-refractivity contribution in [2.45, 2.75) is 59.3 Å². The van der Waals surface area contributed by atoms with E-state index in [4.69, 9.17) is 18.5 Å². The standard InChI is InChI=1S/C15H31O6P/c1-4-7-10-18-15(16)19-13-14-22(17,20-11-8-5-2)21-12-9-6-3/h4-14H2,1-3H3. The van der Waals surface area contributed by atoms with Gasteiger partial charge in [0.25, 0.3) is 0 Å². The van der Waals surface area contributed by atoms with Crippen molar-refractivity contribution in [2.24, 2.45) is 0 Å². The summed E-state index contributed by atoms with van der Waals surface area (Å²) in [5.41, 5.74) is 0. The first-order chi connectivity index (χ1) is 10.6. The number of rotatable bonds is 14. The van der Waals surface area contributed by atoms with E-state index in [1.807, 2.05) is 20.8 Å². The Balaban J connectivity index is 4.09. The second-order valence-electron chi connectivity index (χ2n) is 5.01. The van der Waals surface area contributed by atoms with Crippen molar-refractivity contribution in [3.8, 4) is 0 Å². The molecule has 0 fully saturated rings. The molecule has 0 rings (SSSR count). The van der Waals surface area contributed by atoms with Crippen molar-refractivity contribution < 1.29 is 27.9 Å². The molecule has 0 saturated carbocycles. The molecule has 0 N–H and O–H groups in total. The number of hydrogen-bond acceptors (Lipinski definition) is 6. The molecule has 0 aromatic heterocycles. The van der Waals surface area contributed by atoms with Crippen LogP contribution in [0, 0.1) is 0 Å². The van der Waals surface area contributed by atoms with Crippen molar-refractivity contribution in [3.63, 3.8) is 0 Å². The third-order valence-electron chi connectivity index (χ3n) is 2.87. The molecule has 0 aromatic carbocycles. The molecule has 6 nitrogen and oxygen atoms in total. The lowest BCUT2D eigenvalue weighted by molar-refractivity contribution is 0.0573. The Labute approximate surface area is 134 Å².